The predicted molar refractivity (Wildman–Crippen MR) is 76.9 cm³/mol. The molecule has 102 valence electrons. The standard InChI is InChI=1S/C15H26N2O/c1-5-15(3,4)17-13(11-16)12-9-7-8-10-14(12)18-6-2/h7-10,13,17H,5-6,11,16H2,1-4H3. The summed E-state index contributed by atoms with van der Waals surface area (Å²) in [6.45, 7) is 9.80. The Morgan fingerprint density at radius 1 is 1.28 bits per heavy atom. The van der Waals surface area contributed by atoms with Crippen LogP contribution in [0.3, 0.4) is 0 Å². The van der Waals surface area contributed by atoms with Crippen LogP contribution >= 0.6 is 0 Å². The van der Waals surface area contributed by atoms with Crippen molar-refractivity contribution in [2.75, 3.05) is 13.2 Å². The smallest absolute Gasteiger partial charge is 0.124 e. The highest BCUT2D eigenvalue weighted by Gasteiger charge is 2.22. The molecular weight excluding hydrogens is 224 g/mol. The minimum Gasteiger partial charge on any atom is -0.494 e. The van der Waals surface area contributed by atoms with E-state index < -0.39 is 0 Å². The lowest BCUT2D eigenvalue weighted by molar-refractivity contribution is 0.306. The number of hydrogen-bond donors (Lipinski definition) is 2. The molecule has 0 spiro atoms. The van der Waals surface area contributed by atoms with E-state index in [4.69, 9.17) is 10.5 Å². The van der Waals surface area contributed by atoms with E-state index in [-0.39, 0.29) is 11.6 Å². The molecule has 0 aliphatic carbocycles. The van der Waals surface area contributed by atoms with E-state index in [9.17, 15) is 0 Å². The Labute approximate surface area is 111 Å². The molecule has 0 aliphatic rings. The van der Waals surface area contributed by atoms with Gasteiger partial charge < -0.3 is 15.8 Å². The highest BCUT2D eigenvalue weighted by molar-refractivity contribution is 5.36. The SMILES string of the molecule is CCOc1ccccc1C(CN)NC(C)(C)CC. The van der Waals surface area contributed by atoms with Gasteiger partial charge >= 0.3 is 0 Å². The van der Waals surface area contributed by atoms with Gasteiger partial charge in [-0.1, -0.05) is 25.1 Å². The third-order valence-electron chi connectivity index (χ3n) is 3.28. The summed E-state index contributed by atoms with van der Waals surface area (Å²) >= 11 is 0. The average molecular weight is 250 g/mol. The largest absolute Gasteiger partial charge is 0.494 e. The molecule has 1 aromatic rings. The summed E-state index contributed by atoms with van der Waals surface area (Å²) in [4.78, 5) is 0. The Morgan fingerprint density at radius 2 is 1.94 bits per heavy atom. The van der Waals surface area contributed by atoms with Crippen LogP contribution in [0.5, 0.6) is 5.75 Å². The second kappa shape index (κ2) is 6.76. The zero-order valence-electron chi connectivity index (χ0n) is 12.0. The molecule has 3 nitrogen and oxygen atoms in total. The fraction of sp³-hybridized carbons (Fsp3) is 0.600. The lowest BCUT2D eigenvalue weighted by atomic mass is 9.97. The zero-order chi connectivity index (χ0) is 13.6. The number of hydrogen-bond acceptors (Lipinski definition) is 3. The third-order valence-corrected chi connectivity index (χ3v) is 3.28. The van der Waals surface area contributed by atoms with Crippen molar-refractivity contribution in [2.24, 2.45) is 5.73 Å². The van der Waals surface area contributed by atoms with Gasteiger partial charge in [0.1, 0.15) is 5.75 Å². The summed E-state index contributed by atoms with van der Waals surface area (Å²) in [5.41, 5.74) is 7.13. The van der Waals surface area contributed by atoms with E-state index in [1.165, 1.54) is 0 Å². The van der Waals surface area contributed by atoms with Gasteiger partial charge in [0.25, 0.3) is 0 Å². The van der Waals surface area contributed by atoms with Crippen LogP contribution in [0.1, 0.15) is 45.7 Å². The molecule has 0 aromatic heterocycles. The van der Waals surface area contributed by atoms with Crippen molar-refractivity contribution in [1.29, 1.82) is 0 Å². The number of para-hydroxylation sites is 1. The normalized spacial score (nSPS) is 13.4. The molecule has 1 unspecified atom stereocenters. The van der Waals surface area contributed by atoms with E-state index in [1.807, 2.05) is 25.1 Å². The van der Waals surface area contributed by atoms with Crippen LogP contribution in [-0.4, -0.2) is 18.7 Å². The third kappa shape index (κ3) is 4.00. The van der Waals surface area contributed by atoms with Crippen molar-refractivity contribution in [3.63, 3.8) is 0 Å². The lowest BCUT2D eigenvalue weighted by Crippen LogP contribution is -2.43. The number of rotatable bonds is 7. The summed E-state index contributed by atoms with van der Waals surface area (Å²) in [5.74, 6) is 0.926. The van der Waals surface area contributed by atoms with Crippen LogP contribution in [0, 0.1) is 0 Å². The minimum absolute atomic E-state index is 0.0728. The van der Waals surface area contributed by atoms with Crippen molar-refractivity contribution in [2.45, 2.75) is 45.7 Å². The Balaban J connectivity index is 2.94. The molecule has 0 saturated heterocycles. The molecule has 1 rings (SSSR count). The molecule has 3 heteroatoms. The maximum Gasteiger partial charge on any atom is 0.124 e. The quantitative estimate of drug-likeness (QED) is 0.782. The second-order valence-corrected chi connectivity index (χ2v) is 5.14. The summed E-state index contributed by atoms with van der Waals surface area (Å²) in [7, 11) is 0. The van der Waals surface area contributed by atoms with Crippen LogP contribution < -0.4 is 15.8 Å². The monoisotopic (exact) mass is 250 g/mol. The van der Waals surface area contributed by atoms with Crippen molar-refractivity contribution >= 4 is 0 Å². The van der Waals surface area contributed by atoms with E-state index in [1.54, 1.807) is 0 Å². The first-order chi connectivity index (χ1) is 8.54. The summed E-state index contributed by atoms with van der Waals surface area (Å²) in [6.07, 6.45) is 1.06. The Bertz CT molecular complexity index is 363. The number of nitrogens with one attached hydrogen (secondary N) is 1. The van der Waals surface area contributed by atoms with Gasteiger partial charge in [0, 0.05) is 23.7 Å². The van der Waals surface area contributed by atoms with E-state index in [2.05, 4.69) is 32.2 Å². The van der Waals surface area contributed by atoms with Gasteiger partial charge in [0.05, 0.1) is 6.61 Å². The summed E-state index contributed by atoms with van der Waals surface area (Å²) < 4.78 is 5.67. The molecule has 3 N–H and O–H groups in total. The van der Waals surface area contributed by atoms with Crippen LogP contribution in [0.25, 0.3) is 0 Å². The molecule has 0 amide bonds. The summed E-state index contributed by atoms with van der Waals surface area (Å²) in [6, 6.07) is 8.24. The Morgan fingerprint density at radius 3 is 2.50 bits per heavy atom. The number of benzene rings is 1. The molecule has 0 bridgehead atoms. The van der Waals surface area contributed by atoms with E-state index in [0.717, 1.165) is 17.7 Å². The van der Waals surface area contributed by atoms with Gasteiger partial charge in [-0.15, -0.1) is 0 Å². The van der Waals surface area contributed by atoms with Crippen LogP contribution in [0.2, 0.25) is 0 Å². The molecular formula is C15H26N2O. The number of nitrogens with two attached hydrogens (primary N) is 1. The molecule has 1 aromatic carbocycles. The fourth-order valence-electron chi connectivity index (χ4n) is 1.89. The first-order valence-electron chi connectivity index (χ1n) is 6.73. The molecule has 0 fully saturated rings. The molecule has 0 saturated carbocycles. The van der Waals surface area contributed by atoms with Gasteiger partial charge in [-0.2, -0.15) is 0 Å². The van der Waals surface area contributed by atoms with Crippen LogP contribution in [0.15, 0.2) is 24.3 Å². The fourth-order valence-corrected chi connectivity index (χ4v) is 1.89. The average Bonchev–Trinajstić information content (AvgIpc) is 2.37. The zero-order valence-corrected chi connectivity index (χ0v) is 12.0. The lowest BCUT2D eigenvalue weighted by Gasteiger charge is -2.31. The maximum atomic E-state index is 5.91. The molecule has 0 radical (unpaired) electrons. The highest BCUT2D eigenvalue weighted by atomic mass is 16.5. The van der Waals surface area contributed by atoms with Gasteiger partial charge in [0.2, 0.25) is 0 Å². The van der Waals surface area contributed by atoms with Crippen molar-refractivity contribution in [1.82, 2.24) is 5.32 Å². The molecule has 0 heterocycles. The van der Waals surface area contributed by atoms with Crippen LogP contribution in [-0.2, 0) is 0 Å². The minimum atomic E-state index is 0.0728. The Kier molecular flexibility index (Phi) is 5.63. The number of ether oxygens (including phenoxy) is 1. The van der Waals surface area contributed by atoms with E-state index in [0.29, 0.717) is 13.2 Å². The summed E-state index contributed by atoms with van der Waals surface area (Å²) in [5, 5.41) is 3.60. The Hall–Kier alpha value is -1.06. The predicted octanol–water partition coefficient (Wildman–Crippen LogP) is 2.86. The van der Waals surface area contributed by atoms with Gasteiger partial charge in [-0.3, -0.25) is 0 Å². The highest BCUT2D eigenvalue weighted by Crippen LogP contribution is 2.26. The first kappa shape index (κ1) is 15.0. The van der Waals surface area contributed by atoms with Gasteiger partial charge in [0.15, 0.2) is 0 Å². The van der Waals surface area contributed by atoms with Gasteiger partial charge in [-0.05, 0) is 33.3 Å². The van der Waals surface area contributed by atoms with E-state index >= 15 is 0 Å². The van der Waals surface area contributed by atoms with Crippen molar-refractivity contribution < 1.29 is 4.74 Å². The van der Waals surface area contributed by atoms with Crippen molar-refractivity contribution in [3.8, 4) is 5.75 Å². The van der Waals surface area contributed by atoms with Crippen molar-refractivity contribution in [3.05, 3.63) is 29.8 Å². The first-order valence-corrected chi connectivity index (χ1v) is 6.73. The molecule has 1 atom stereocenters. The topological polar surface area (TPSA) is 47.3 Å². The molecule has 0 aliphatic heterocycles. The molecule has 18 heavy (non-hydrogen) atoms. The maximum absolute atomic E-state index is 5.91. The van der Waals surface area contributed by atoms with Crippen LogP contribution in [0.4, 0.5) is 0 Å². The van der Waals surface area contributed by atoms with Gasteiger partial charge in [-0.25, -0.2) is 0 Å². The second-order valence-electron chi connectivity index (χ2n) is 5.14.